The van der Waals surface area contributed by atoms with Crippen molar-refractivity contribution in [3.63, 3.8) is 0 Å². The molecule has 1 aliphatic rings. The van der Waals surface area contributed by atoms with Gasteiger partial charge in [0.05, 0.1) is 5.69 Å². The molecule has 1 aliphatic carbocycles. The van der Waals surface area contributed by atoms with Crippen molar-refractivity contribution in [2.24, 2.45) is 0 Å². The van der Waals surface area contributed by atoms with Gasteiger partial charge in [0, 0.05) is 22.5 Å². The fourth-order valence-electron chi connectivity index (χ4n) is 2.63. The van der Waals surface area contributed by atoms with Crippen LogP contribution in [0.2, 0.25) is 0 Å². The maximum absolute atomic E-state index is 10.5. The molecule has 0 saturated heterocycles. The Bertz CT molecular complexity index is 520. The van der Waals surface area contributed by atoms with Crippen LogP contribution in [-0.4, -0.2) is 14.9 Å². The van der Waals surface area contributed by atoms with Crippen molar-refractivity contribution < 1.29 is 5.11 Å². The van der Waals surface area contributed by atoms with Crippen LogP contribution in [0.1, 0.15) is 46.9 Å². The number of aliphatic hydroxyl groups excluding tert-OH is 1. The van der Waals surface area contributed by atoms with E-state index in [4.69, 9.17) is 0 Å². The number of aryl methyl sites for hydroxylation is 3. The molecule has 2 aromatic rings. The summed E-state index contributed by atoms with van der Waals surface area (Å²) in [6.45, 7) is 2.84. The monoisotopic (exact) mass is 262 g/mol. The highest BCUT2D eigenvalue weighted by Gasteiger charge is 2.20. The minimum Gasteiger partial charge on any atom is -0.381 e. The molecule has 0 aromatic carbocycles. The Morgan fingerprint density at radius 3 is 3.06 bits per heavy atom. The average molecular weight is 262 g/mol. The first-order chi connectivity index (χ1) is 8.79. The van der Waals surface area contributed by atoms with Gasteiger partial charge in [-0.1, -0.05) is 0 Å². The highest BCUT2D eigenvalue weighted by molar-refractivity contribution is 7.12. The maximum Gasteiger partial charge on any atom is 0.130 e. The average Bonchev–Trinajstić information content (AvgIpc) is 3.03. The second-order valence-electron chi connectivity index (χ2n) is 4.78. The second-order valence-corrected chi connectivity index (χ2v) is 5.95. The van der Waals surface area contributed by atoms with Crippen LogP contribution >= 0.6 is 11.3 Å². The number of hydrogen-bond donors (Lipinski definition) is 1. The third-order valence-corrected chi connectivity index (χ3v) is 4.90. The highest BCUT2D eigenvalue weighted by Crippen LogP contribution is 2.35. The van der Waals surface area contributed by atoms with Gasteiger partial charge in [-0.15, -0.1) is 11.3 Å². The van der Waals surface area contributed by atoms with Crippen molar-refractivity contribution >= 4 is 11.3 Å². The lowest BCUT2D eigenvalue weighted by Gasteiger charge is -2.10. The van der Waals surface area contributed by atoms with Gasteiger partial charge in [0.15, 0.2) is 0 Å². The normalized spacial score (nSPS) is 16.6. The fourth-order valence-corrected chi connectivity index (χ4v) is 3.89. The molecule has 0 bridgehead atoms. The lowest BCUT2D eigenvalue weighted by Crippen LogP contribution is -2.07. The zero-order valence-electron chi connectivity index (χ0n) is 10.6. The minimum atomic E-state index is -0.525. The maximum atomic E-state index is 10.5. The number of fused-ring (bicyclic) bond motifs is 1. The minimum absolute atomic E-state index is 0.525. The van der Waals surface area contributed by atoms with Crippen LogP contribution in [0.3, 0.4) is 0 Å². The van der Waals surface area contributed by atoms with E-state index in [-0.39, 0.29) is 0 Å². The highest BCUT2D eigenvalue weighted by atomic mass is 32.1. The van der Waals surface area contributed by atoms with Crippen molar-refractivity contribution in [1.82, 2.24) is 9.78 Å². The summed E-state index contributed by atoms with van der Waals surface area (Å²) in [5, 5.41) is 14.7. The summed E-state index contributed by atoms with van der Waals surface area (Å²) in [7, 11) is 0. The number of nitrogens with zero attached hydrogens (tertiary/aromatic N) is 2. The number of rotatable bonds is 3. The molecular formula is C14H18N2OS. The lowest BCUT2D eigenvalue weighted by molar-refractivity contribution is 0.211. The molecule has 2 heterocycles. The van der Waals surface area contributed by atoms with Gasteiger partial charge in [-0.3, -0.25) is 4.68 Å². The molecule has 1 atom stereocenters. The van der Waals surface area contributed by atoms with Crippen LogP contribution in [0, 0.1) is 0 Å². The van der Waals surface area contributed by atoms with E-state index in [1.165, 1.54) is 36.1 Å². The predicted octanol–water partition coefficient (Wildman–Crippen LogP) is 2.93. The van der Waals surface area contributed by atoms with E-state index in [1.54, 1.807) is 17.5 Å². The predicted molar refractivity (Wildman–Crippen MR) is 72.9 cm³/mol. The molecule has 96 valence electrons. The molecular weight excluding hydrogens is 244 g/mol. The molecule has 1 unspecified atom stereocenters. The smallest absolute Gasteiger partial charge is 0.130 e. The van der Waals surface area contributed by atoms with Crippen LogP contribution in [0.25, 0.3) is 0 Å². The van der Waals surface area contributed by atoms with Gasteiger partial charge in [0.1, 0.15) is 6.10 Å². The number of aromatic nitrogens is 2. The van der Waals surface area contributed by atoms with E-state index in [0.29, 0.717) is 0 Å². The summed E-state index contributed by atoms with van der Waals surface area (Å²) in [5.74, 6) is 0. The molecule has 1 N–H and O–H groups in total. The zero-order valence-corrected chi connectivity index (χ0v) is 11.4. The quantitative estimate of drug-likeness (QED) is 0.923. The molecule has 0 fully saturated rings. The topological polar surface area (TPSA) is 38.0 Å². The zero-order chi connectivity index (χ0) is 12.5. The van der Waals surface area contributed by atoms with Crippen LogP contribution in [0.5, 0.6) is 0 Å². The Balaban J connectivity index is 1.92. The van der Waals surface area contributed by atoms with Crippen LogP contribution in [-0.2, 0) is 19.4 Å². The molecule has 0 aliphatic heterocycles. The van der Waals surface area contributed by atoms with Crippen LogP contribution < -0.4 is 0 Å². The SMILES string of the molecule is CCn1nccc1C(O)c1cc2c(s1)CCCC2. The molecule has 0 spiro atoms. The van der Waals surface area contributed by atoms with E-state index >= 15 is 0 Å². The van der Waals surface area contributed by atoms with Gasteiger partial charge in [-0.05, 0) is 50.3 Å². The van der Waals surface area contributed by atoms with E-state index in [1.807, 2.05) is 17.7 Å². The number of hydrogen-bond acceptors (Lipinski definition) is 3. The van der Waals surface area contributed by atoms with Gasteiger partial charge in [-0.2, -0.15) is 5.10 Å². The summed E-state index contributed by atoms with van der Waals surface area (Å²) in [6, 6.07) is 4.10. The Morgan fingerprint density at radius 2 is 2.28 bits per heavy atom. The lowest BCUT2D eigenvalue weighted by atomic mass is 9.99. The van der Waals surface area contributed by atoms with E-state index in [2.05, 4.69) is 11.2 Å². The van der Waals surface area contributed by atoms with Gasteiger partial charge in [0.2, 0.25) is 0 Å². The fraction of sp³-hybridized carbons (Fsp3) is 0.500. The number of aliphatic hydroxyl groups is 1. The first kappa shape index (κ1) is 11.9. The summed E-state index contributed by atoms with van der Waals surface area (Å²) >= 11 is 1.77. The molecule has 4 heteroatoms. The third-order valence-electron chi connectivity index (χ3n) is 3.61. The van der Waals surface area contributed by atoms with Crippen molar-refractivity contribution in [1.29, 1.82) is 0 Å². The summed E-state index contributed by atoms with van der Waals surface area (Å²) in [5.41, 5.74) is 2.35. The standard InChI is InChI=1S/C14H18N2OS/c1-2-16-11(7-8-15-16)14(17)13-9-10-5-3-4-6-12(10)18-13/h7-9,14,17H,2-6H2,1H3. The van der Waals surface area contributed by atoms with Crippen LogP contribution in [0.15, 0.2) is 18.3 Å². The van der Waals surface area contributed by atoms with E-state index < -0.39 is 6.10 Å². The Kier molecular flexibility index (Phi) is 3.22. The summed E-state index contributed by atoms with van der Waals surface area (Å²) in [6.07, 6.45) is 6.16. The van der Waals surface area contributed by atoms with Crippen LogP contribution in [0.4, 0.5) is 0 Å². The van der Waals surface area contributed by atoms with Gasteiger partial charge >= 0.3 is 0 Å². The molecule has 0 saturated carbocycles. The van der Waals surface area contributed by atoms with Crippen molar-refractivity contribution in [2.45, 2.75) is 45.3 Å². The molecule has 18 heavy (non-hydrogen) atoms. The van der Waals surface area contributed by atoms with Crippen molar-refractivity contribution in [3.8, 4) is 0 Å². The Labute approximate surface area is 111 Å². The molecule has 0 amide bonds. The van der Waals surface area contributed by atoms with Gasteiger partial charge in [-0.25, -0.2) is 0 Å². The third kappa shape index (κ3) is 1.99. The second kappa shape index (κ2) is 4.86. The first-order valence-electron chi connectivity index (χ1n) is 6.61. The Morgan fingerprint density at radius 1 is 1.44 bits per heavy atom. The van der Waals surface area contributed by atoms with E-state index in [0.717, 1.165) is 17.1 Å². The molecule has 3 nitrogen and oxygen atoms in total. The molecule has 3 rings (SSSR count). The van der Waals surface area contributed by atoms with E-state index in [9.17, 15) is 5.11 Å². The molecule has 2 aromatic heterocycles. The summed E-state index contributed by atoms with van der Waals surface area (Å²) in [4.78, 5) is 2.54. The van der Waals surface area contributed by atoms with Crippen molar-refractivity contribution in [2.75, 3.05) is 0 Å². The summed E-state index contributed by atoms with van der Waals surface area (Å²) < 4.78 is 1.86. The Hall–Kier alpha value is -1.13. The molecule has 0 radical (unpaired) electrons. The van der Waals surface area contributed by atoms with Gasteiger partial charge in [0.25, 0.3) is 0 Å². The number of thiophene rings is 1. The van der Waals surface area contributed by atoms with Crippen molar-refractivity contribution in [3.05, 3.63) is 39.3 Å². The van der Waals surface area contributed by atoms with Gasteiger partial charge < -0.3 is 5.11 Å². The largest absolute Gasteiger partial charge is 0.381 e. The first-order valence-corrected chi connectivity index (χ1v) is 7.42.